The number of carbonyl (C=O) groups excluding carboxylic acids is 1. The van der Waals surface area contributed by atoms with Crippen LogP contribution in [0.5, 0.6) is 0 Å². The number of nitrogens with zero attached hydrogens (tertiary/aromatic N) is 3. The van der Waals surface area contributed by atoms with Crippen LogP contribution in [0.4, 0.5) is 0 Å². The van der Waals surface area contributed by atoms with Gasteiger partial charge in [-0.05, 0) is 54.3 Å². The van der Waals surface area contributed by atoms with Gasteiger partial charge < -0.3 is 4.90 Å². The van der Waals surface area contributed by atoms with Crippen molar-refractivity contribution in [3.63, 3.8) is 0 Å². The smallest absolute Gasteiger partial charge is 0.246 e. The molecule has 1 atom stereocenters. The zero-order chi connectivity index (χ0) is 24.3. The molecular formula is C25H24N4O3S2. The molecular weight excluding hydrogens is 468 g/mol. The number of likely N-dealkylation sites (N-methyl/N-ethyl adjacent to an activating group) is 1. The average Bonchev–Trinajstić information content (AvgIpc) is 3.51. The van der Waals surface area contributed by atoms with E-state index in [1.807, 2.05) is 61.0 Å². The third-order valence-electron chi connectivity index (χ3n) is 5.52. The maximum absolute atomic E-state index is 13.0. The second-order valence-corrected chi connectivity index (χ2v) is 10.3. The third kappa shape index (κ3) is 5.17. The van der Waals surface area contributed by atoms with Gasteiger partial charge in [0.1, 0.15) is 5.69 Å². The van der Waals surface area contributed by atoms with Crippen molar-refractivity contribution in [1.29, 1.82) is 0 Å². The minimum Gasteiger partial charge on any atom is -0.335 e. The zero-order valence-corrected chi connectivity index (χ0v) is 20.3. The second kappa shape index (κ2) is 9.76. The number of benzene rings is 2. The Bertz CT molecular complexity index is 1430. The van der Waals surface area contributed by atoms with E-state index in [2.05, 4.69) is 0 Å². The van der Waals surface area contributed by atoms with Crippen LogP contribution >= 0.6 is 11.3 Å². The summed E-state index contributed by atoms with van der Waals surface area (Å²) in [5.74, 6) is -0.224. The number of nitrogens with two attached hydrogens (primary N) is 1. The van der Waals surface area contributed by atoms with Crippen molar-refractivity contribution in [3.8, 4) is 16.3 Å². The van der Waals surface area contributed by atoms with Gasteiger partial charge in [0.25, 0.3) is 0 Å². The SMILES string of the molecule is CC(c1cccc(S(N)(=O)=O)c1)N(C)C(=O)/C=C/c1cn(-c2ccccc2)nc1-c1cccs1. The number of primary sulfonamides is 1. The van der Waals surface area contributed by atoms with E-state index in [-0.39, 0.29) is 16.8 Å². The van der Waals surface area contributed by atoms with Crippen LogP contribution in [0.25, 0.3) is 22.3 Å². The molecule has 4 aromatic rings. The number of amides is 1. The number of rotatable bonds is 7. The number of hydrogen-bond donors (Lipinski definition) is 1. The van der Waals surface area contributed by atoms with Crippen LogP contribution in [-0.4, -0.2) is 36.1 Å². The highest BCUT2D eigenvalue weighted by molar-refractivity contribution is 7.89. The van der Waals surface area contributed by atoms with Crippen molar-refractivity contribution in [1.82, 2.24) is 14.7 Å². The topological polar surface area (TPSA) is 98.3 Å². The molecule has 0 aliphatic rings. The van der Waals surface area contributed by atoms with Gasteiger partial charge in [0.15, 0.2) is 0 Å². The summed E-state index contributed by atoms with van der Waals surface area (Å²) in [4.78, 5) is 15.5. The fourth-order valence-electron chi connectivity index (χ4n) is 3.47. The predicted octanol–water partition coefficient (Wildman–Crippen LogP) is 4.48. The summed E-state index contributed by atoms with van der Waals surface area (Å²) >= 11 is 1.58. The van der Waals surface area contributed by atoms with Gasteiger partial charge in [0.05, 0.1) is 21.5 Å². The number of para-hydroxylation sites is 1. The van der Waals surface area contributed by atoms with Crippen LogP contribution in [0.2, 0.25) is 0 Å². The van der Waals surface area contributed by atoms with Gasteiger partial charge in [-0.25, -0.2) is 18.2 Å². The lowest BCUT2D eigenvalue weighted by Gasteiger charge is -2.24. The molecule has 2 aromatic heterocycles. The number of thiophene rings is 1. The number of hydrogen-bond acceptors (Lipinski definition) is 5. The molecule has 9 heteroatoms. The third-order valence-corrected chi connectivity index (χ3v) is 7.31. The first kappa shape index (κ1) is 23.6. The van der Waals surface area contributed by atoms with E-state index in [1.165, 1.54) is 18.2 Å². The molecule has 4 rings (SSSR count). The quantitative estimate of drug-likeness (QED) is 0.385. The lowest BCUT2D eigenvalue weighted by molar-refractivity contribution is -0.126. The largest absolute Gasteiger partial charge is 0.335 e. The summed E-state index contributed by atoms with van der Waals surface area (Å²) in [6, 6.07) is 19.7. The second-order valence-electron chi connectivity index (χ2n) is 7.77. The normalized spacial score (nSPS) is 12.7. The molecule has 2 heterocycles. The molecule has 174 valence electrons. The van der Waals surface area contributed by atoms with Crippen LogP contribution in [0, 0.1) is 0 Å². The number of sulfonamides is 1. The summed E-state index contributed by atoms with van der Waals surface area (Å²) in [6.07, 6.45) is 5.16. The van der Waals surface area contributed by atoms with Gasteiger partial charge in [0.2, 0.25) is 15.9 Å². The minimum atomic E-state index is -3.82. The Kier molecular flexibility index (Phi) is 6.78. The van der Waals surface area contributed by atoms with E-state index in [9.17, 15) is 13.2 Å². The molecule has 0 bridgehead atoms. The fraction of sp³-hybridized carbons (Fsp3) is 0.120. The van der Waals surface area contributed by atoms with Gasteiger partial charge in [-0.15, -0.1) is 11.3 Å². The Morgan fingerprint density at radius 1 is 1.12 bits per heavy atom. The Labute approximate surface area is 202 Å². The highest BCUT2D eigenvalue weighted by Gasteiger charge is 2.18. The first-order valence-electron chi connectivity index (χ1n) is 10.5. The summed E-state index contributed by atoms with van der Waals surface area (Å²) in [7, 11) is -2.15. The van der Waals surface area contributed by atoms with Crippen LogP contribution in [-0.2, 0) is 14.8 Å². The number of aromatic nitrogens is 2. The van der Waals surface area contributed by atoms with Gasteiger partial charge in [0, 0.05) is 24.9 Å². The summed E-state index contributed by atoms with van der Waals surface area (Å²) in [5.41, 5.74) is 3.20. The maximum Gasteiger partial charge on any atom is 0.246 e. The molecule has 0 fully saturated rings. The van der Waals surface area contributed by atoms with E-state index in [4.69, 9.17) is 10.2 Å². The Hall–Kier alpha value is -3.53. The van der Waals surface area contributed by atoms with E-state index in [0.29, 0.717) is 5.56 Å². The van der Waals surface area contributed by atoms with Gasteiger partial charge >= 0.3 is 0 Å². The van der Waals surface area contributed by atoms with Crippen molar-refractivity contribution in [2.24, 2.45) is 5.14 Å². The highest BCUT2D eigenvalue weighted by Crippen LogP contribution is 2.29. The molecule has 0 aliphatic carbocycles. The van der Waals surface area contributed by atoms with Gasteiger partial charge in [-0.3, -0.25) is 4.79 Å². The lowest BCUT2D eigenvalue weighted by Crippen LogP contribution is -2.28. The molecule has 1 unspecified atom stereocenters. The molecule has 2 N–H and O–H groups in total. The maximum atomic E-state index is 13.0. The Morgan fingerprint density at radius 3 is 2.56 bits per heavy atom. The van der Waals surface area contributed by atoms with Crippen molar-refractivity contribution in [2.45, 2.75) is 17.9 Å². The van der Waals surface area contributed by atoms with Crippen molar-refractivity contribution in [2.75, 3.05) is 7.05 Å². The van der Waals surface area contributed by atoms with Gasteiger partial charge in [-0.1, -0.05) is 36.4 Å². The van der Waals surface area contributed by atoms with Crippen molar-refractivity contribution < 1.29 is 13.2 Å². The lowest BCUT2D eigenvalue weighted by atomic mass is 10.1. The van der Waals surface area contributed by atoms with E-state index >= 15 is 0 Å². The predicted molar refractivity (Wildman–Crippen MR) is 135 cm³/mol. The van der Waals surface area contributed by atoms with Crippen molar-refractivity contribution in [3.05, 3.63) is 95.5 Å². The zero-order valence-electron chi connectivity index (χ0n) is 18.7. The average molecular weight is 493 g/mol. The van der Waals surface area contributed by atoms with Crippen LogP contribution in [0.15, 0.2) is 89.3 Å². The Balaban J connectivity index is 1.59. The fourth-order valence-corrected chi connectivity index (χ4v) is 4.77. The molecule has 34 heavy (non-hydrogen) atoms. The van der Waals surface area contributed by atoms with Crippen LogP contribution < -0.4 is 5.14 Å². The number of carbonyl (C=O) groups is 1. The standard InChI is InChI=1S/C25H24N4O3S2/c1-18(19-8-6-11-22(16-19)34(26,31)32)28(2)24(30)14-13-20-17-29(21-9-4-3-5-10-21)27-25(20)23-12-7-15-33-23/h3-18H,1-2H3,(H2,26,31,32)/b14-13+. The Morgan fingerprint density at radius 2 is 1.88 bits per heavy atom. The molecule has 0 saturated heterocycles. The summed E-state index contributed by atoms with van der Waals surface area (Å²) in [5, 5.41) is 12.0. The minimum absolute atomic E-state index is 0.0159. The monoisotopic (exact) mass is 492 g/mol. The molecule has 1 amide bonds. The first-order chi connectivity index (χ1) is 16.2. The molecule has 0 spiro atoms. The first-order valence-corrected chi connectivity index (χ1v) is 12.9. The summed E-state index contributed by atoms with van der Waals surface area (Å²) in [6.45, 7) is 1.83. The molecule has 2 aromatic carbocycles. The van der Waals surface area contributed by atoms with E-state index in [0.717, 1.165) is 21.8 Å². The van der Waals surface area contributed by atoms with Crippen molar-refractivity contribution >= 4 is 33.3 Å². The molecule has 0 radical (unpaired) electrons. The van der Waals surface area contributed by atoms with Crippen LogP contribution in [0.3, 0.4) is 0 Å². The van der Waals surface area contributed by atoms with E-state index in [1.54, 1.807) is 46.2 Å². The summed E-state index contributed by atoms with van der Waals surface area (Å²) < 4.78 is 25.2. The molecule has 0 aliphatic heterocycles. The van der Waals surface area contributed by atoms with E-state index < -0.39 is 10.0 Å². The molecule has 7 nitrogen and oxygen atoms in total. The van der Waals surface area contributed by atoms with Crippen LogP contribution in [0.1, 0.15) is 24.1 Å². The van der Waals surface area contributed by atoms with Gasteiger partial charge in [-0.2, -0.15) is 5.10 Å². The molecule has 0 saturated carbocycles. The highest BCUT2D eigenvalue weighted by atomic mass is 32.2.